The summed E-state index contributed by atoms with van der Waals surface area (Å²) in [6.45, 7) is 6.19. The Kier molecular flexibility index (Phi) is 5.43. The number of hydrogen-bond donors (Lipinski definition) is 2. The Hall–Kier alpha value is -0.890. The average Bonchev–Trinajstić information content (AvgIpc) is 2.98. The Morgan fingerprint density at radius 1 is 1.48 bits per heavy atom. The second kappa shape index (κ2) is 6.91. The minimum atomic E-state index is -3.49. The maximum absolute atomic E-state index is 12.4. The van der Waals surface area contributed by atoms with Gasteiger partial charge in [0.05, 0.1) is 17.0 Å². The van der Waals surface area contributed by atoms with Crippen LogP contribution in [0.15, 0.2) is 17.2 Å². The van der Waals surface area contributed by atoms with Crippen LogP contribution in [0.25, 0.3) is 0 Å². The van der Waals surface area contributed by atoms with Gasteiger partial charge in [-0.05, 0) is 32.4 Å². The molecule has 0 radical (unpaired) electrons. The van der Waals surface area contributed by atoms with Crippen molar-refractivity contribution in [3.8, 4) is 0 Å². The predicted molar refractivity (Wildman–Crippen MR) is 81.6 cm³/mol. The zero-order chi connectivity index (χ0) is 15.5. The van der Waals surface area contributed by atoms with Crippen LogP contribution in [0, 0.1) is 0 Å². The lowest BCUT2D eigenvalue weighted by Crippen LogP contribution is -2.38. The molecule has 0 spiro atoms. The van der Waals surface area contributed by atoms with E-state index >= 15 is 0 Å². The second-order valence-electron chi connectivity index (χ2n) is 5.55. The van der Waals surface area contributed by atoms with Gasteiger partial charge in [-0.15, -0.1) is 0 Å². The summed E-state index contributed by atoms with van der Waals surface area (Å²) in [7, 11) is -1.62. The highest BCUT2D eigenvalue weighted by atomic mass is 32.2. The minimum absolute atomic E-state index is 0.0748. The van der Waals surface area contributed by atoms with E-state index in [2.05, 4.69) is 17.0 Å². The highest BCUT2D eigenvalue weighted by Crippen LogP contribution is 2.18. The molecule has 0 bridgehead atoms. The van der Waals surface area contributed by atoms with E-state index in [4.69, 9.17) is 4.74 Å². The summed E-state index contributed by atoms with van der Waals surface area (Å²) in [6.07, 6.45) is 3.36. The molecule has 1 aliphatic heterocycles. The van der Waals surface area contributed by atoms with Crippen molar-refractivity contribution in [2.75, 3.05) is 13.2 Å². The number of nitrogens with zero attached hydrogens (tertiary/aromatic N) is 1. The van der Waals surface area contributed by atoms with E-state index in [1.54, 1.807) is 12.3 Å². The standard InChI is InChI=1S/C14H25N3O3S/c1-4-6-15-9-12-8-13(10-17(12)3)21(18,19)16-14-5-7-20-11(14)2/h8,10-11,14-16H,4-7,9H2,1-3H3. The molecule has 2 unspecified atom stereocenters. The predicted octanol–water partition coefficient (Wildman–Crippen LogP) is 0.980. The van der Waals surface area contributed by atoms with Gasteiger partial charge < -0.3 is 14.6 Å². The molecule has 6 nitrogen and oxygen atoms in total. The molecule has 1 fully saturated rings. The summed E-state index contributed by atoms with van der Waals surface area (Å²) in [4.78, 5) is 0.317. The molecule has 2 heterocycles. The Morgan fingerprint density at radius 3 is 2.86 bits per heavy atom. The van der Waals surface area contributed by atoms with E-state index in [0.717, 1.165) is 25.1 Å². The monoisotopic (exact) mass is 315 g/mol. The highest BCUT2D eigenvalue weighted by Gasteiger charge is 2.29. The summed E-state index contributed by atoms with van der Waals surface area (Å²) in [5.74, 6) is 0. The van der Waals surface area contributed by atoms with Crippen molar-refractivity contribution in [1.29, 1.82) is 0 Å². The molecule has 0 aromatic carbocycles. The van der Waals surface area contributed by atoms with Gasteiger partial charge in [0, 0.05) is 32.1 Å². The van der Waals surface area contributed by atoms with Gasteiger partial charge in [-0.2, -0.15) is 0 Å². The van der Waals surface area contributed by atoms with E-state index in [1.807, 2.05) is 18.5 Å². The first-order valence-corrected chi connectivity index (χ1v) is 8.92. The van der Waals surface area contributed by atoms with Gasteiger partial charge in [0.15, 0.2) is 0 Å². The van der Waals surface area contributed by atoms with E-state index in [0.29, 0.717) is 18.0 Å². The fourth-order valence-corrected chi connectivity index (χ4v) is 3.88. The van der Waals surface area contributed by atoms with Gasteiger partial charge >= 0.3 is 0 Å². The van der Waals surface area contributed by atoms with Gasteiger partial charge in [0.2, 0.25) is 10.0 Å². The summed E-state index contributed by atoms with van der Waals surface area (Å²) in [6, 6.07) is 1.59. The molecule has 1 aliphatic rings. The second-order valence-corrected chi connectivity index (χ2v) is 7.26. The van der Waals surface area contributed by atoms with Crippen molar-refractivity contribution >= 4 is 10.0 Å². The summed E-state index contributed by atoms with van der Waals surface area (Å²) < 4.78 is 34.9. The number of aromatic nitrogens is 1. The van der Waals surface area contributed by atoms with Crippen molar-refractivity contribution in [2.24, 2.45) is 7.05 Å². The Labute approximate surface area is 126 Å². The third kappa shape index (κ3) is 4.06. The molecule has 2 N–H and O–H groups in total. The van der Waals surface area contributed by atoms with Gasteiger partial charge in [-0.1, -0.05) is 6.92 Å². The lowest BCUT2D eigenvalue weighted by molar-refractivity contribution is 0.117. The first kappa shape index (κ1) is 16.5. The van der Waals surface area contributed by atoms with Crippen LogP contribution in [-0.2, 0) is 28.4 Å². The minimum Gasteiger partial charge on any atom is -0.377 e. The molecule has 0 aliphatic carbocycles. The SMILES string of the molecule is CCCNCc1cc(S(=O)(=O)NC2CCOC2C)cn1C. The molecule has 1 saturated heterocycles. The van der Waals surface area contributed by atoms with Gasteiger partial charge in [-0.3, -0.25) is 0 Å². The van der Waals surface area contributed by atoms with Crippen LogP contribution >= 0.6 is 0 Å². The number of hydrogen-bond acceptors (Lipinski definition) is 4. The fourth-order valence-electron chi connectivity index (χ4n) is 2.45. The van der Waals surface area contributed by atoms with Gasteiger partial charge in [0.25, 0.3) is 0 Å². The molecule has 2 atom stereocenters. The van der Waals surface area contributed by atoms with Crippen molar-refractivity contribution in [1.82, 2.24) is 14.6 Å². The van der Waals surface area contributed by atoms with Crippen LogP contribution in [0.1, 0.15) is 32.4 Å². The Morgan fingerprint density at radius 2 is 2.24 bits per heavy atom. The van der Waals surface area contributed by atoms with Crippen LogP contribution in [0.2, 0.25) is 0 Å². The van der Waals surface area contributed by atoms with Crippen LogP contribution in [0.4, 0.5) is 0 Å². The third-order valence-electron chi connectivity index (χ3n) is 3.81. The molecule has 21 heavy (non-hydrogen) atoms. The smallest absolute Gasteiger partial charge is 0.242 e. The number of ether oxygens (including phenoxy) is 1. The third-order valence-corrected chi connectivity index (χ3v) is 5.27. The number of aryl methyl sites for hydroxylation is 1. The first-order chi connectivity index (χ1) is 9.94. The summed E-state index contributed by atoms with van der Waals surface area (Å²) in [5, 5.41) is 3.28. The van der Waals surface area contributed by atoms with Crippen LogP contribution in [-0.4, -0.2) is 38.3 Å². The number of nitrogens with one attached hydrogen (secondary N) is 2. The van der Waals surface area contributed by atoms with E-state index in [9.17, 15) is 8.42 Å². The highest BCUT2D eigenvalue weighted by molar-refractivity contribution is 7.89. The molecular weight excluding hydrogens is 290 g/mol. The topological polar surface area (TPSA) is 72.4 Å². The van der Waals surface area contributed by atoms with E-state index in [1.165, 1.54) is 0 Å². The van der Waals surface area contributed by atoms with Crippen molar-refractivity contribution in [2.45, 2.75) is 50.3 Å². The first-order valence-electron chi connectivity index (χ1n) is 7.44. The lowest BCUT2D eigenvalue weighted by atomic mass is 10.2. The van der Waals surface area contributed by atoms with Crippen molar-refractivity contribution in [3.63, 3.8) is 0 Å². The van der Waals surface area contributed by atoms with E-state index in [-0.39, 0.29) is 12.1 Å². The summed E-state index contributed by atoms with van der Waals surface area (Å²) >= 11 is 0. The molecule has 1 aromatic rings. The molecule has 0 amide bonds. The Bertz CT molecular complexity index is 568. The molecule has 2 rings (SSSR count). The number of rotatable bonds is 7. The average molecular weight is 315 g/mol. The lowest BCUT2D eigenvalue weighted by Gasteiger charge is -2.15. The van der Waals surface area contributed by atoms with Crippen molar-refractivity contribution in [3.05, 3.63) is 18.0 Å². The van der Waals surface area contributed by atoms with Gasteiger partial charge in [0.1, 0.15) is 0 Å². The quantitative estimate of drug-likeness (QED) is 0.736. The molecule has 1 aromatic heterocycles. The molecule has 7 heteroatoms. The maximum atomic E-state index is 12.4. The van der Waals surface area contributed by atoms with E-state index < -0.39 is 10.0 Å². The zero-order valence-corrected chi connectivity index (χ0v) is 13.7. The van der Waals surface area contributed by atoms with Crippen LogP contribution in [0.3, 0.4) is 0 Å². The maximum Gasteiger partial charge on any atom is 0.242 e. The normalized spacial score (nSPS) is 22.8. The van der Waals surface area contributed by atoms with Crippen molar-refractivity contribution < 1.29 is 13.2 Å². The Balaban J connectivity index is 2.07. The van der Waals surface area contributed by atoms with Crippen LogP contribution < -0.4 is 10.0 Å². The van der Waals surface area contributed by atoms with Gasteiger partial charge in [-0.25, -0.2) is 13.1 Å². The molecular formula is C14H25N3O3S. The molecule has 0 saturated carbocycles. The molecule has 120 valence electrons. The zero-order valence-electron chi connectivity index (χ0n) is 12.9. The largest absolute Gasteiger partial charge is 0.377 e. The van der Waals surface area contributed by atoms with Crippen LogP contribution in [0.5, 0.6) is 0 Å². The fraction of sp³-hybridized carbons (Fsp3) is 0.714. The number of sulfonamides is 1. The summed E-state index contributed by atoms with van der Waals surface area (Å²) in [5.41, 5.74) is 0.958.